The fourth-order valence-corrected chi connectivity index (χ4v) is 4.84. The van der Waals surface area contributed by atoms with E-state index in [-0.39, 0.29) is 18.5 Å². The van der Waals surface area contributed by atoms with E-state index in [0.717, 1.165) is 28.2 Å². The third-order valence-corrected chi connectivity index (χ3v) is 6.73. The molecule has 0 bridgehead atoms. The van der Waals surface area contributed by atoms with Gasteiger partial charge in [-0.1, -0.05) is 29.8 Å². The maximum Gasteiger partial charge on any atom is 0.328 e. The fraction of sp³-hybridized carbons (Fsp3) is 0.280. The maximum atomic E-state index is 13.7. The average molecular weight is 459 g/mol. The number of imide groups is 1. The highest BCUT2D eigenvalue weighted by Crippen LogP contribution is 2.40. The number of aliphatic imine (C=N–C) groups is 1. The molecule has 9 nitrogen and oxygen atoms in total. The third-order valence-electron chi connectivity index (χ3n) is 6.73. The van der Waals surface area contributed by atoms with Crippen LogP contribution in [0.4, 0.5) is 10.5 Å². The summed E-state index contributed by atoms with van der Waals surface area (Å²) in [6, 6.07) is 13.7. The Hall–Kier alpha value is -4.14. The first-order chi connectivity index (χ1) is 16.2. The van der Waals surface area contributed by atoms with E-state index in [9.17, 15) is 14.4 Å². The van der Waals surface area contributed by atoms with Crippen LogP contribution in [0.15, 0.2) is 64.9 Å². The molecule has 0 aromatic heterocycles. The number of allylic oxidation sites excluding steroid dienone is 2. The number of hydrogen-bond acceptors (Lipinski definition) is 6. The molecule has 34 heavy (non-hydrogen) atoms. The van der Waals surface area contributed by atoms with Gasteiger partial charge in [0, 0.05) is 29.7 Å². The number of primary amides is 1. The molecule has 1 fully saturated rings. The molecule has 5 rings (SSSR count). The van der Waals surface area contributed by atoms with Gasteiger partial charge in [0.25, 0.3) is 5.91 Å². The molecule has 0 spiro atoms. The van der Waals surface area contributed by atoms with Gasteiger partial charge in [-0.15, -0.1) is 0 Å². The lowest BCUT2D eigenvalue weighted by atomic mass is 10.1. The molecule has 1 saturated heterocycles. The number of urea groups is 1. The summed E-state index contributed by atoms with van der Waals surface area (Å²) >= 11 is 0. The monoisotopic (exact) mass is 458 g/mol. The Balaban J connectivity index is 1.49. The Morgan fingerprint density at radius 2 is 1.74 bits per heavy atom. The Kier molecular flexibility index (Phi) is 4.93. The maximum absolute atomic E-state index is 13.7. The van der Waals surface area contributed by atoms with Crippen LogP contribution in [0.2, 0.25) is 0 Å². The molecule has 4 amide bonds. The second-order valence-electron chi connectivity index (χ2n) is 8.88. The zero-order chi connectivity index (χ0) is 24.3. The van der Waals surface area contributed by atoms with E-state index in [1.165, 1.54) is 9.80 Å². The second-order valence-corrected chi connectivity index (χ2v) is 8.88. The number of fused-ring (bicyclic) bond motifs is 3. The Morgan fingerprint density at radius 3 is 2.38 bits per heavy atom. The van der Waals surface area contributed by atoms with Crippen LogP contribution in [0.1, 0.15) is 35.3 Å². The van der Waals surface area contributed by atoms with Crippen LogP contribution >= 0.6 is 0 Å². The highest BCUT2D eigenvalue weighted by Gasteiger charge is 2.55. The fourth-order valence-electron chi connectivity index (χ4n) is 4.84. The lowest BCUT2D eigenvalue weighted by molar-refractivity contribution is -0.137. The molecule has 9 heteroatoms. The third kappa shape index (κ3) is 3.15. The summed E-state index contributed by atoms with van der Waals surface area (Å²) in [4.78, 5) is 49.8. The van der Waals surface area contributed by atoms with Gasteiger partial charge >= 0.3 is 6.03 Å². The van der Waals surface area contributed by atoms with Gasteiger partial charge in [-0.3, -0.25) is 24.3 Å². The molecule has 2 aromatic rings. The largest absolute Gasteiger partial charge is 0.366 e. The zero-order valence-electron chi connectivity index (χ0n) is 19.5. The van der Waals surface area contributed by atoms with E-state index < -0.39 is 18.1 Å². The molecule has 0 saturated carbocycles. The van der Waals surface area contributed by atoms with Gasteiger partial charge in [-0.25, -0.2) is 9.79 Å². The average Bonchev–Trinajstić information content (AvgIpc) is 3.31. The summed E-state index contributed by atoms with van der Waals surface area (Å²) in [6.07, 6.45) is -0.626. The number of nitrogens with two attached hydrogens (primary N) is 1. The molecular weight excluding hydrogens is 432 g/mol. The SMILES string of the molecule is CC1=C(C)N2C(=NC3C2C(=O)N(Cc2cccc(C)c2)C(=O)N3C)N1c1ccc(C(N)=O)cc1. The van der Waals surface area contributed by atoms with Gasteiger partial charge in [0.1, 0.15) is 0 Å². The second kappa shape index (κ2) is 7.72. The van der Waals surface area contributed by atoms with Gasteiger partial charge in [0.15, 0.2) is 12.2 Å². The Bertz CT molecular complexity index is 1280. The minimum Gasteiger partial charge on any atom is -0.366 e. The predicted molar refractivity (Wildman–Crippen MR) is 128 cm³/mol. The Labute approximate surface area is 197 Å². The number of benzene rings is 2. The number of anilines is 1. The van der Waals surface area contributed by atoms with Gasteiger partial charge < -0.3 is 10.6 Å². The van der Waals surface area contributed by atoms with Crippen LogP contribution in [0, 0.1) is 6.92 Å². The lowest BCUT2D eigenvalue weighted by Crippen LogP contribution is -2.64. The Morgan fingerprint density at radius 1 is 1.03 bits per heavy atom. The summed E-state index contributed by atoms with van der Waals surface area (Å²) in [5, 5.41) is 0. The van der Waals surface area contributed by atoms with E-state index in [2.05, 4.69) is 0 Å². The number of hydrogen-bond donors (Lipinski definition) is 1. The number of rotatable bonds is 4. The number of carbonyl (C=O) groups excluding carboxylic acids is 3. The van der Waals surface area contributed by atoms with Crippen LogP contribution in [0.3, 0.4) is 0 Å². The van der Waals surface area contributed by atoms with E-state index in [0.29, 0.717) is 11.5 Å². The molecule has 174 valence electrons. The van der Waals surface area contributed by atoms with Crippen LogP contribution in [-0.4, -0.2) is 57.8 Å². The van der Waals surface area contributed by atoms with Crippen molar-refractivity contribution in [2.75, 3.05) is 11.9 Å². The van der Waals surface area contributed by atoms with Crippen LogP contribution < -0.4 is 10.6 Å². The van der Waals surface area contributed by atoms with Crippen LogP contribution in [-0.2, 0) is 11.3 Å². The van der Waals surface area contributed by atoms with E-state index in [1.54, 1.807) is 31.3 Å². The summed E-state index contributed by atoms with van der Waals surface area (Å²) in [6.45, 7) is 6.09. The quantitative estimate of drug-likeness (QED) is 0.759. The van der Waals surface area contributed by atoms with Gasteiger partial charge in [0.05, 0.1) is 6.54 Å². The number of guanidine groups is 1. The van der Waals surface area contributed by atoms with Gasteiger partial charge in [-0.2, -0.15) is 0 Å². The van der Waals surface area contributed by atoms with Crippen molar-refractivity contribution in [2.24, 2.45) is 10.7 Å². The number of amides is 4. The lowest BCUT2D eigenvalue weighted by Gasteiger charge is -2.40. The smallest absolute Gasteiger partial charge is 0.328 e. The van der Waals surface area contributed by atoms with Gasteiger partial charge in [0.2, 0.25) is 11.9 Å². The number of aryl methyl sites for hydroxylation is 1. The first kappa shape index (κ1) is 21.7. The highest BCUT2D eigenvalue weighted by atomic mass is 16.2. The van der Waals surface area contributed by atoms with Crippen molar-refractivity contribution in [1.29, 1.82) is 0 Å². The summed E-state index contributed by atoms with van der Waals surface area (Å²) < 4.78 is 0. The van der Waals surface area contributed by atoms with Crippen LogP contribution in [0.5, 0.6) is 0 Å². The van der Waals surface area contributed by atoms with Crippen molar-refractivity contribution in [3.8, 4) is 0 Å². The van der Waals surface area contributed by atoms with E-state index in [4.69, 9.17) is 10.7 Å². The van der Waals surface area contributed by atoms with Crippen molar-refractivity contribution in [2.45, 2.75) is 39.5 Å². The standard InChI is InChI=1S/C25H26N6O3/c1-14-6-5-7-17(12-14)13-29-23(33)20-22(28(4)25(29)34)27-24-30(15(2)16(3)31(20)24)19-10-8-18(9-11-19)21(26)32/h5-12,20,22H,13H2,1-4H3,(H2,26,32). The summed E-state index contributed by atoms with van der Waals surface area (Å²) in [5.74, 6) is -0.185. The highest BCUT2D eigenvalue weighted by molar-refractivity contribution is 6.10. The molecule has 0 radical (unpaired) electrons. The van der Waals surface area contributed by atoms with E-state index in [1.807, 2.05) is 54.8 Å². The minimum absolute atomic E-state index is 0.204. The molecule has 2 atom stereocenters. The number of likely N-dealkylation sites (N-methyl/N-ethyl adjacent to an activating group) is 1. The van der Waals surface area contributed by atoms with Crippen molar-refractivity contribution in [3.63, 3.8) is 0 Å². The number of nitrogens with zero attached hydrogens (tertiary/aromatic N) is 5. The topological polar surface area (TPSA) is 103 Å². The summed E-state index contributed by atoms with van der Waals surface area (Å²) in [7, 11) is 1.68. The summed E-state index contributed by atoms with van der Waals surface area (Å²) in [5.41, 5.74) is 10.3. The molecule has 2 unspecified atom stereocenters. The predicted octanol–water partition coefficient (Wildman–Crippen LogP) is 2.63. The molecule has 3 heterocycles. The molecule has 2 aromatic carbocycles. The van der Waals surface area contributed by atoms with E-state index >= 15 is 0 Å². The van der Waals surface area contributed by atoms with Gasteiger partial charge in [-0.05, 0) is 50.6 Å². The molecule has 0 aliphatic carbocycles. The normalized spacial score (nSPS) is 21.8. The van der Waals surface area contributed by atoms with Crippen LogP contribution in [0.25, 0.3) is 0 Å². The molecule has 2 N–H and O–H groups in total. The van der Waals surface area contributed by atoms with Crippen molar-refractivity contribution in [3.05, 3.63) is 76.6 Å². The molecule has 3 aliphatic rings. The molecule has 3 aliphatic heterocycles. The van der Waals surface area contributed by atoms with Crippen molar-refractivity contribution < 1.29 is 14.4 Å². The first-order valence-corrected chi connectivity index (χ1v) is 11.1. The molecular formula is C25H26N6O3. The number of carbonyl (C=O) groups is 3. The minimum atomic E-state index is -0.646. The zero-order valence-corrected chi connectivity index (χ0v) is 19.5. The first-order valence-electron chi connectivity index (χ1n) is 11.1. The van der Waals surface area contributed by atoms with Crippen molar-refractivity contribution in [1.82, 2.24) is 14.7 Å². The van der Waals surface area contributed by atoms with Crippen molar-refractivity contribution >= 4 is 29.5 Å².